The van der Waals surface area contributed by atoms with Crippen molar-refractivity contribution in [2.45, 2.75) is 38.3 Å². The summed E-state index contributed by atoms with van der Waals surface area (Å²) < 4.78 is 41.3. The summed E-state index contributed by atoms with van der Waals surface area (Å²) in [6.45, 7) is 1.13. The van der Waals surface area contributed by atoms with Crippen LogP contribution < -0.4 is 0 Å². The van der Waals surface area contributed by atoms with Gasteiger partial charge in [0.25, 0.3) is 0 Å². The molecule has 2 fully saturated rings. The Bertz CT molecular complexity index is 1180. The number of ketones is 1. The minimum atomic E-state index is -4.14. The summed E-state index contributed by atoms with van der Waals surface area (Å²) in [5, 5.41) is 9.80. The molecule has 5 rings (SSSR count). The van der Waals surface area contributed by atoms with Crippen molar-refractivity contribution in [1.29, 1.82) is 0 Å². The van der Waals surface area contributed by atoms with Crippen LogP contribution in [0.3, 0.4) is 0 Å². The van der Waals surface area contributed by atoms with E-state index in [4.69, 9.17) is 0 Å². The number of carbonyl (C=O) groups excluding carboxylic acids is 1. The highest BCUT2D eigenvalue weighted by molar-refractivity contribution is 5.87. The van der Waals surface area contributed by atoms with Crippen LogP contribution in [-0.2, 0) is 18.3 Å². The number of fused-ring (bicyclic) bond motifs is 1. The van der Waals surface area contributed by atoms with E-state index in [0.29, 0.717) is 43.0 Å². The molecule has 33 heavy (non-hydrogen) atoms. The zero-order valence-corrected chi connectivity index (χ0v) is 18.3. The number of pyridine rings is 2. The van der Waals surface area contributed by atoms with Crippen LogP contribution in [0.15, 0.2) is 30.7 Å². The van der Waals surface area contributed by atoms with Gasteiger partial charge in [-0.3, -0.25) is 19.4 Å². The lowest BCUT2D eigenvalue weighted by atomic mass is 9.89. The van der Waals surface area contributed by atoms with Gasteiger partial charge in [0.2, 0.25) is 0 Å². The van der Waals surface area contributed by atoms with Gasteiger partial charge in [-0.15, -0.1) is 5.10 Å². The Morgan fingerprint density at radius 3 is 2.45 bits per heavy atom. The topological polar surface area (TPSA) is 76.8 Å². The smallest absolute Gasteiger partial charge is 0.302 e. The predicted octanol–water partition coefficient (Wildman–Crippen LogP) is 3.59. The summed E-state index contributed by atoms with van der Waals surface area (Å²) in [5.41, 5.74) is 0.524. The molecule has 1 aliphatic carbocycles. The third-order valence-electron chi connectivity index (χ3n) is 6.90. The monoisotopic (exact) mass is 458 g/mol. The van der Waals surface area contributed by atoms with Gasteiger partial charge in [-0.25, -0.2) is 0 Å². The van der Waals surface area contributed by atoms with Gasteiger partial charge in [-0.2, -0.15) is 13.2 Å². The van der Waals surface area contributed by atoms with Crippen LogP contribution in [0.1, 0.15) is 31.4 Å². The first kappa shape index (κ1) is 21.9. The zero-order chi connectivity index (χ0) is 23.2. The molecule has 0 unspecified atom stereocenters. The second-order valence-electron chi connectivity index (χ2n) is 9.34. The average Bonchev–Trinajstić information content (AvgIpc) is 3.45. The molecule has 10 heteroatoms. The summed E-state index contributed by atoms with van der Waals surface area (Å²) in [7, 11) is 1.79. The molecule has 7 nitrogen and oxygen atoms in total. The molecule has 1 saturated heterocycles. The summed E-state index contributed by atoms with van der Waals surface area (Å²) in [5.74, 6) is -0.0333. The number of halogens is 3. The molecule has 0 aromatic carbocycles. The van der Waals surface area contributed by atoms with Gasteiger partial charge in [0, 0.05) is 49.4 Å². The number of piperidine rings is 1. The molecule has 4 heterocycles. The van der Waals surface area contributed by atoms with Crippen LogP contribution >= 0.6 is 0 Å². The summed E-state index contributed by atoms with van der Waals surface area (Å²) in [4.78, 5) is 23.6. The van der Waals surface area contributed by atoms with E-state index in [-0.39, 0.29) is 37.5 Å². The van der Waals surface area contributed by atoms with E-state index in [9.17, 15) is 18.0 Å². The average molecular weight is 458 g/mol. The van der Waals surface area contributed by atoms with Crippen molar-refractivity contribution in [3.05, 3.63) is 36.4 Å². The molecule has 0 bridgehead atoms. The van der Waals surface area contributed by atoms with Crippen LogP contribution in [0.2, 0.25) is 0 Å². The lowest BCUT2D eigenvalue weighted by Crippen LogP contribution is -2.43. The van der Waals surface area contributed by atoms with Gasteiger partial charge >= 0.3 is 6.18 Å². The molecule has 2 aliphatic rings. The Morgan fingerprint density at radius 1 is 1.09 bits per heavy atom. The molecule has 0 radical (unpaired) electrons. The fourth-order valence-electron chi connectivity index (χ4n) is 4.63. The van der Waals surface area contributed by atoms with Crippen molar-refractivity contribution in [2.24, 2.45) is 18.4 Å². The third kappa shape index (κ3) is 4.48. The molecular formula is C23H25F3N6O. The predicted molar refractivity (Wildman–Crippen MR) is 115 cm³/mol. The van der Waals surface area contributed by atoms with Gasteiger partial charge in [-0.1, -0.05) is 5.21 Å². The number of hydrogen-bond acceptors (Lipinski definition) is 6. The first-order valence-electron chi connectivity index (χ1n) is 11.2. The van der Waals surface area contributed by atoms with E-state index in [1.54, 1.807) is 30.3 Å². The molecular weight excluding hydrogens is 433 g/mol. The van der Waals surface area contributed by atoms with Crippen LogP contribution in [0.25, 0.3) is 22.2 Å². The van der Waals surface area contributed by atoms with E-state index in [2.05, 4.69) is 20.3 Å². The minimum absolute atomic E-state index is 0.0613. The maximum atomic E-state index is 13.2. The first-order valence-corrected chi connectivity index (χ1v) is 11.2. The van der Waals surface area contributed by atoms with Crippen molar-refractivity contribution in [3.8, 4) is 11.4 Å². The van der Waals surface area contributed by atoms with Gasteiger partial charge in [0.1, 0.15) is 11.5 Å². The number of aryl methyl sites for hydroxylation is 1. The SMILES string of the molecule is Cn1cc(-c2cc3cc(CC(=O)C4CCN(CC5(C(F)(F)F)CC5)CC4)ncc3cn2)nn1. The molecule has 0 spiro atoms. The van der Waals surface area contributed by atoms with Crippen molar-refractivity contribution in [2.75, 3.05) is 19.6 Å². The Balaban J connectivity index is 1.21. The summed E-state index contributed by atoms with van der Waals surface area (Å²) in [6, 6.07) is 3.80. The fourth-order valence-corrected chi connectivity index (χ4v) is 4.63. The molecule has 3 aromatic heterocycles. The number of hydrogen-bond donors (Lipinski definition) is 0. The van der Waals surface area contributed by atoms with Gasteiger partial charge < -0.3 is 4.90 Å². The molecule has 174 valence electrons. The van der Waals surface area contributed by atoms with Crippen molar-refractivity contribution < 1.29 is 18.0 Å². The van der Waals surface area contributed by atoms with Crippen molar-refractivity contribution in [3.63, 3.8) is 0 Å². The number of likely N-dealkylation sites (tertiary alicyclic amines) is 1. The highest BCUT2D eigenvalue weighted by Gasteiger charge is 2.63. The molecule has 1 aliphatic heterocycles. The van der Waals surface area contributed by atoms with Crippen LogP contribution in [0.4, 0.5) is 13.2 Å². The summed E-state index contributed by atoms with van der Waals surface area (Å²) in [6.07, 6.45) is 2.93. The van der Waals surface area contributed by atoms with E-state index in [0.717, 1.165) is 10.8 Å². The number of aromatic nitrogens is 5. The van der Waals surface area contributed by atoms with E-state index < -0.39 is 11.6 Å². The number of rotatable bonds is 6. The number of carbonyl (C=O) groups is 1. The third-order valence-corrected chi connectivity index (χ3v) is 6.90. The van der Waals surface area contributed by atoms with Crippen LogP contribution in [-0.4, -0.2) is 61.5 Å². The summed E-state index contributed by atoms with van der Waals surface area (Å²) >= 11 is 0. The van der Waals surface area contributed by atoms with E-state index >= 15 is 0 Å². The number of Topliss-reactive ketones (excluding diaryl/α,β-unsaturated/α-hetero) is 1. The minimum Gasteiger partial charge on any atom is -0.302 e. The lowest BCUT2D eigenvalue weighted by Gasteiger charge is -2.34. The van der Waals surface area contributed by atoms with Gasteiger partial charge in [-0.05, 0) is 56.3 Å². The molecule has 0 amide bonds. The molecule has 1 saturated carbocycles. The van der Waals surface area contributed by atoms with Gasteiger partial charge in [0.15, 0.2) is 0 Å². The quantitative estimate of drug-likeness (QED) is 0.562. The molecule has 0 N–H and O–H groups in total. The molecule has 0 atom stereocenters. The first-order chi connectivity index (χ1) is 15.7. The van der Waals surface area contributed by atoms with E-state index in [1.807, 2.05) is 17.0 Å². The van der Waals surface area contributed by atoms with Gasteiger partial charge in [0.05, 0.1) is 17.3 Å². The highest BCUT2D eigenvalue weighted by atomic mass is 19.4. The Morgan fingerprint density at radius 2 is 1.82 bits per heavy atom. The maximum absolute atomic E-state index is 13.2. The number of alkyl halides is 3. The van der Waals surface area contributed by atoms with Crippen molar-refractivity contribution in [1.82, 2.24) is 29.9 Å². The normalized spacial score (nSPS) is 19.2. The standard InChI is InChI=1S/C23H25F3N6O/c1-31-13-20(29-30-31)19-9-16-8-18(27-11-17(16)12-28-19)10-21(33)15-2-6-32(7-3-15)14-22(4-5-22)23(24,25)26/h8-9,11-13,15H,2-7,10,14H2,1H3. The maximum Gasteiger partial charge on any atom is 0.395 e. The highest BCUT2D eigenvalue weighted by Crippen LogP contribution is 2.58. The van der Waals surface area contributed by atoms with Crippen LogP contribution in [0.5, 0.6) is 0 Å². The van der Waals surface area contributed by atoms with E-state index in [1.165, 1.54) is 0 Å². The Labute approximate surface area is 189 Å². The largest absolute Gasteiger partial charge is 0.395 e. The second kappa shape index (κ2) is 8.16. The fraction of sp³-hybridized carbons (Fsp3) is 0.522. The lowest BCUT2D eigenvalue weighted by molar-refractivity contribution is -0.192. The zero-order valence-electron chi connectivity index (χ0n) is 18.3. The Hall–Kier alpha value is -2.88. The van der Waals surface area contributed by atoms with Crippen molar-refractivity contribution >= 4 is 16.6 Å². The number of nitrogens with zero attached hydrogens (tertiary/aromatic N) is 6. The molecule has 3 aromatic rings. The second-order valence-corrected chi connectivity index (χ2v) is 9.34. The Kier molecular flexibility index (Phi) is 5.43. The van der Waals surface area contributed by atoms with Crippen LogP contribution in [0, 0.1) is 11.3 Å².